The second-order valence-corrected chi connectivity index (χ2v) is 9.11. The summed E-state index contributed by atoms with van der Waals surface area (Å²) in [5, 5.41) is 2.77. The zero-order chi connectivity index (χ0) is 22.4. The molecule has 0 saturated carbocycles. The highest BCUT2D eigenvalue weighted by Gasteiger charge is 2.37. The first-order valence-electron chi connectivity index (χ1n) is 10.3. The van der Waals surface area contributed by atoms with Gasteiger partial charge in [0.25, 0.3) is 15.9 Å². The van der Waals surface area contributed by atoms with E-state index in [0.717, 1.165) is 5.56 Å². The van der Waals surface area contributed by atoms with E-state index in [1.54, 1.807) is 42.5 Å². The van der Waals surface area contributed by atoms with E-state index < -0.39 is 22.0 Å². The molecule has 1 amide bonds. The normalized spacial score (nSPS) is 15.5. The number of carbonyl (C=O) groups is 1. The van der Waals surface area contributed by atoms with Gasteiger partial charge in [-0.3, -0.25) is 9.10 Å². The van der Waals surface area contributed by atoms with Gasteiger partial charge in [-0.1, -0.05) is 60.7 Å². The molecule has 8 heteroatoms. The largest absolute Gasteiger partial charge is 0.476 e. The molecule has 0 aliphatic carbocycles. The van der Waals surface area contributed by atoms with E-state index in [1.165, 1.54) is 16.4 Å². The molecule has 0 saturated heterocycles. The molecule has 1 unspecified atom stereocenters. The predicted molar refractivity (Wildman–Crippen MR) is 121 cm³/mol. The van der Waals surface area contributed by atoms with Crippen LogP contribution in [0.1, 0.15) is 5.56 Å². The van der Waals surface area contributed by atoms with Crippen molar-refractivity contribution in [3.63, 3.8) is 0 Å². The molecule has 0 spiro atoms. The molecule has 0 radical (unpaired) electrons. The topological polar surface area (TPSA) is 84.9 Å². The van der Waals surface area contributed by atoms with Crippen molar-refractivity contribution in [1.82, 2.24) is 5.32 Å². The number of anilines is 1. The molecule has 7 nitrogen and oxygen atoms in total. The number of benzene rings is 3. The van der Waals surface area contributed by atoms with Crippen LogP contribution in [0.2, 0.25) is 0 Å². The highest BCUT2D eigenvalue weighted by Crippen LogP contribution is 2.36. The van der Waals surface area contributed by atoms with Crippen LogP contribution in [0.3, 0.4) is 0 Å². The number of amides is 1. The predicted octanol–water partition coefficient (Wildman–Crippen LogP) is 2.98. The minimum absolute atomic E-state index is 0.120. The number of nitrogens with zero attached hydrogens (tertiary/aromatic N) is 1. The lowest BCUT2D eigenvalue weighted by molar-refractivity contribution is -0.128. The van der Waals surface area contributed by atoms with Crippen molar-refractivity contribution in [2.24, 2.45) is 0 Å². The maximum Gasteiger partial charge on any atom is 0.264 e. The number of ether oxygens (including phenoxy) is 2. The second-order valence-electron chi connectivity index (χ2n) is 7.25. The fraction of sp³-hybridized carbons (Fsp3) is 0.208. The minimum atomic E-state index is -3.85. The Labute approximate surface area is 187 Å². The molecular formula is C24H24N2O5S. The van der Waals surface area contributed by atoms with E-state index >= 15 is 0 Å². The van der Waals surface area contributed by atoms with Crippen molar-refractivity contribution in [1.29, 1.82) is 0 Å². The van der Waals surface area contributed by atoms with Gasteiger partial charge in [0, 0.05) is 6.54 Å². The molecule has 4 rings (SSSR count). The molecule has 1 aliphatic heterocycles. The van der Waals surface area contributed by atoms with Crippen LogP contribution >= 0.6 is 0 Å². The zero-order valence-electron chi connectivity index (χ0n) is 17.4. The zero-order valence-corrected chi connectivity index (χ0v) is 18.2. The summed E-state index contributed by atoms with van der Waals surface area (Å²) >= 11 is 0. The molecule has 0 aromatic heterocycles. The van der Waals surface area contributed by atoms with E-state index in [2.05, 4.69) is 5.32 Å². The van der Waals surface area contributed by atoms with Crippen LogP contribution in [0.4, 0.5) is 5.69 Å². The van der Waals surface area contributed by atoms with Crippen LogP contribution in [0.15, 0.2) is 89.8 Å². The molecule has 0 bridgehead atoms. The number of para-hydroxylation sites is 2. The van der Waals surface area contributed by atoms with Crippen LogP contribution < -0.4 is 14.4 Å². The summed E-state index contributed by atoms with van der Waals surface area (Å²) in [6.07, 6.45) is -0.975. The van der Waals surface area contributed by atoms with Gasteiger partial charge in [-0.2, -0.15) is 0 Å². The average Bonchev–Trinajstić information content (AvgIpc) is 2.84. The molecule has 32 heavy (non-hydrogen) atoms. The highest BCUT2D eigenvalue weighted by molar-refractivity contribution is 7.92. The lowest BCUT2D eigenvalue weighted by atomic mass is 10.2. The number of carbonyl (C=O) groups excluding carboxylic acids is 1. The summed E-state index contributed by atoms with van der Waals surface area (Å²) in [6, 6.07) is 24.7. The standard InChI is InChI=1S/C24H24N2O5S/c27-24(25-15-16-30-18-19-9-3-1-4-10-19)23-17-26(21-13-7-8-14-22(21)31-23)32(28,29)20-11-5-2-6-12-20/h1-14,23H,15-18H2,(H,25,27). The van der Waals surface area contributed by atoms with Crippen LogP contribution in [-0.4, -0.2) is 40.1 Å². The van der Waals surface area contributed by atoms with Gasteiger partial charge in [0.1, 0.15) is 5.75 Å². The molecule has 1 N–H and O–H groups in total. The minimum Gasteiger partial charge on any atom is -0.476 e. The third-order valence-electron chi connectivity index (χ3n) is 5.02. The second kappa shape index (κ2) is 9.84. The van der Waals surface area contributed by atoms with Gasteiger partial charge in [-0.25, -0.2) is 8.42 Å². The molecular weight excluding hydrogens is 428 g/mol. The van der Waals surface area contributed by atoms with Crippen molar-refractivity contribution in [2.75, 3.05) is 24.0 Å². The molecule has 1 atom stereocenters. The summed E-state index contributed by atoms with van der Waals surface area (Å²) in [5.41, 5.74) is 1.46. The van der Waals surface area contributed by atoms with Crippen LogP contribution in [0.5, 0.6) is 5.75 Å². The number of rotatable bonds is 8. The van der Waals surface area contributed by atoms with Crippen LogP contribution in [0, 0.1) is 0 Å². The molecule has 3 aromatic rings. The van der Waals surface area contributed by atoms with Gasteiger partial charge in [0.05, 0.1) is 30.3 Å². The number of hydrogen-bond acceptors (Lipinski definition) is 5. The van der Waals surface area contributed by atoms with Gasteiger partial charge in [0.15, 0.2) is 6.10 Å². The third-order valence-corrected chi connectivity index (χ3v) is 6.81. The molecule has 0 fully saturated rings. The maximum absolute atomic E-state index is 13.3. The maximum atomic E-state index is 13.3. The fourth-order valence-corrected chi connectivity index (χ4v) is 4.91. The Balaban J connectivity index is 1.41. The van der Waals surface area contributed by atoms with Gasteiger partial charge in [-0.05, 0) is 29.8 Å². The Hall–Kier alpha value is -3.36. The highest BCUT2D eigenvalue weighted by atomic mass is 32.2. The summed E-state index contributed by atoms with van der Waals surface area (Å²) in [6.45, 7) is 0.951. The van der Waals surface area contributed by atoms with Crippen LogP contribution in [0.25, 0.3) is 0 Å². The lowest BCUT2D eigenvalue weighted by Gasteiger charge is -2.34. The molecule has 1 aliphatic rings. The van der Waals surface area contributed by atoms with E-state index in [0.29, 0.717) is 31.2 Å². The number of fused-ring (bicyclic) bond motifs is 1. The van der Waals surface area contributed by atoms with E-state index in [1.807, 2.05) is 30.3 Å². The van der Waals surface area contributed by atoms with Gasteiger partial charge >= 0.3 is 0 Å². The monoisotopic (exact) mass is 452 g/mol. The Morgan fingerprint density at radius 2 is 1.62 bits per heavy atom. The molecule has 3 aromatic carbocycles. The summed E-state index contributed by atoms with van der Waals surface area (Å²) < 4.78 is 39.2. The van der Waals surface area contributed by atoms with Crippen molar-refractivity contribution in [2.45, 2.75) is 17.6 Å². The first-order valence-corrected chi connectivity index (χ1v) is 11.7. The molecule has 166 valence electrons. The van der Waals surface area contributed by atoms with E-state index in [-0.39, 0.29) is 11.4 Å². The van der Waals surface area contributed by atoms with Gasteiger partial charge in [0.2, 0.25) is 0 Å². The Morgan fingerprint density at radius 3 is 2.38 bits per heavy atom. The fourth-order valence-electron chi connectivity index (χ4n) is 3.41. The first kappa shape index (κ1) is 21.9. The lowest BCUT2D eigenvalue weighted by Crippen LogP contribution is -2.51. The summed E-state index contributed by atoms with van der Waals surface area (Å²) in [5.74, 6) is -0.0465. The van der Waals surface area contributed by atoms with Crippen LogP contribution in [-0.2, 0) is 26.2 Å². The summed E-state index contributed by atoms with van der Waals surface area (Å²) in [4.78, 5) is 12.9. The van der Waals surface area contributed by atoms with E-state index in [9.17, 15) is 13.2 Å². The number of hydrogen-bond donors (Lipinski definition) is 1. The van der Waals surface area contributed by atoms with Crippen molar-refractivity contribution in [3.8, 4) is 5.75 Å². The van der Waals surface area contributed by atoms with Crippen molar-refractivity contribution >= 4 is 21.6 Å². The Bertz CT molecular complexity index is 1150. The van der Waals surface area contributed by atoms with Gasteiger partial charge in [-0.15, -0.1) is 0 Å². The third kappa shape index (κ3) is 4.92. The Kier molecular flexibility index (Phi) is 6.72. The van der Waals surface area contributed by atoms with Crippen molar-refractivity contribution in [3.05, 3.63) is 90.5 Å². The Morgan fingerprint density at radius 1 is 0.969 bits per heavy atom. The number of nitrogens with one attached hydrogen (secondary N) is 1. The first-order chi connectivity index (χ1) is 15.6. The van der Waals surface area contributed by atoms with E-state index in [4.69, 9.17) is 9.47 Å². The number of sulfonamides is 1. The van der Waals surface area contributed by atoms with Gasteiger partial charge < -0.3 is 14.8 Å². The summed E-state index contributed by atoms with van der Waals surface area (Å²) in [7, 11) is -3.85. The molecule has 1 heterocycles. The SMILES string of the molecule is O=C(NCCOCc1ccccc1)C1CN(S(=O)(=O)c2ccccc2)c2ccccc2O1. The average molecular weight is 453 g/mol. The smallest absolute Gasteiger partial charge is 0.264 e. The quantitative estimate of drug-likeness (QED) is 0.531. The van der Waals surface area contributed by atoms with Crippen molar-refractivity contribution < 1.29 is 22.7 Å².